The number of hydrogen-bond acceptors (Lipinski definition) is 4. The van der Waals surface area contributed by atoms with Crippen LogP contribution in [0.4, 0.5) is 5.69 Å². The zero-order valence-corrected chi connectivity index (χ0v) is 11.6. The molecule has 0 atom stereocenters. The molecular formula is C15H14N2O2S. The number of amides is 1. The molecule has 2 aromatic heterocycles. The molecule has 1 amide bonds. The Balaban J connectivity index is 1.71. The van der Waals surface area contributed by atoms with Gasteiger partial charge < -0.3 is 15.5 Å². The van der Waals surface area contributed by atoms with Crippen LogP contribution in [0.5, 0.6) is 0 Å². The van der Waals surface area contributed by atoms with Crippen LogP contribution in [0.25, 0.3) is 10.1 Å². The van der Waals surface area contributed by atoms with Crippen molar-refractivity contribution in [3.05, 3.63) is 53.3 Å². The highest BCUT2D eigenvalue weighted by Gasteiger charge is 2.15. The van der Waals surface area contributed by atoms with Gasteiger partial charge in [-0.15, -0.1) is 11.3 Å². The summed E-state index contributed by atoms with van der Waals surface area (Å²) < 4.78 is 6.25. The second-order valence-corrected chi connectivity index (χ2v) is 5.48. The van der Waals surface area contributed by atoms with E-state index in [4.69, 9.17) is 10.2 Å². The number of furan rings is 1. The maximum absolute atomic E-state index is 12.2. The van der Waals surface area contributed by atoms with E-state index in [2.05, 4.69) is 5.32 Å². The smallest absolute Gasteiger partial charge is 0.263 e. The van der Waals surface area contributed by atoms with E-state index in [1.807, 2.05) is 36.4 Å². The molecule has 3 N–H and O–H groups in total. The van der Waals surface area contributed by atoms with Gasteiger partial charge >= 0.3 is 0 Å². The summed E-state index contributed by atoms with van der Waals surface area (Å²) in [7, 11) is 0. The number of carbonyl (C=O) groups excluding carboxylic acids is 1. The SMILES string of the molecule is Nc1c(C(=O)NCCc2ccco2)sc2ccccc12. The molecule has 0 aliphatic carbocycles. The van der Waals surface area contributed by atoms with E-state index in [1.165, 1.54) is 11.3 Å². The van der Waals surface area contributed by atoms with E-state index in [9.17, 15) is 4.79 Å². The quantitative estimate of drug-likeness (QED) is 0.774. The van der Waals surface area contributed by atoms with E-state index < -0.39 is 0 Å². The Morgan fingerprint density at radius 3 is 2.85 bits per heavy atom. The van der Waals surface area contributed by atoms with Crippen LogP contribution in [0.3, 0.4) is 0 Å². The fraction of sp³-hybridized carbons (Fsp3) is 0.133. The zero-order valence-electron chi connectivity index (χ0n) is 10.8. The summed E-state index contributed by atoms with van der Waals surface area (Å²) in [5, 5.41) is 3.81. The topological polar surface area (TPSA) is 68.3 Å². The van der Waals surface area contributed by atoms with Crippen molar-refractivity contribution in [1.29, 1.82) is 0 Å². The lowest BCUT2D eigenvalue weighted by Gasteiger charge is -2.02. The van der Waals surface area contributed by atoms with E-state index in [0.29, 0.717) is 23.5 Å². The van der Waals surface area contributed by atoms with Crippen LogP contribution in [-0.4, -0.2) is 12.5 Å². The molecule has 4 nitrogen and oxygen atoms in total. The number of carbonyl (C=O) groups is 1. The van der Waals surface area contributed by atoms with Crippen molar-refractivity contribution in [1.82, 2.24) is 5.32 Å². The first-order valence-electron chi connectivity index (χ1n) is 6.33. The molecule has 0 saturated carbocycles. The summed E-state index contributed by atoms with van der Waals surface area (Å²) >= 11 is 1.42. The van der Waals surface area contributed by atoms with Crippen LogP contribution < -0.4 is 11.1 Å². The highest BCUT2D eigenvalue weighted by molar-refractivity contribution is 7.21. The largest absolute Gasteiger partial charge is 0.469 e. The average molecular weight is 286 g/mol. The minimum absolute atomic E-state index is 0.129. The first kappa shape index (κ1) is 12.7. The van der Waals surface area contributed by atoms with E-state index in [1.54, 1.807) is 6.26 Å². The summed E-state index contributed by atoms with van der Waals surface area (Å²) in [6.07, 6.45) is 2.30. The van der Waals surface area contributed by atoms with Gasteiger partial charge in [0.05, 0.1) is 12.0 Å². The van der Waals surface area contributed by atoms with Gasteiger partial charge in [-0.3, -0.25) is 4.79 Å². The lowest BCUT2D eigenvalue weighted by Crippen LogP contribution is -2.25. The number of fused-ring (bicyclic) bond motifs is 1. The lowest BCUT2D eigenvalue weighted by atomic mass is 10.2. The first-order valence-corrected chi connectivity index (χ1v) is 7.15. The van der Waals surface area contributed by atoms with Gasteiger partial charge in [-0.25, -0.2) is 0 Å². The van der Waals surface area contributed by atoms with Crippen molar-refractivity contribution in [2.45, 2.75) is 6.42 Å². The number of nitrogens with two attached hydrogens (primary N) is 1. The number of rotatable bonds is 4. The van der Waals surface area contributed by atoms with Crippen LogP contribution in [0.15, 0.2) is 47.1 Å². The summed E-state index contributed by atoms with van der Waals surface area (Å²) in [5.41, 5.74) is 6.59. The molecule has 0 saturated heterocycles. The monoisotopic (exact) mass is 286 g/mol. The van der Waals surface area contributed by atoms with Gasteiger partial charge in [0.2, 0.25) is 0 Å². The Kier molecular flexibility index (Phi) is 3.43. The third-order valence-corrected chi connectivity index (χ3v) is 4.26. The standard InChI is InChI=1S/C15H14N2O2S/c16-13-11-5-1-2-6-12(11)20-14(13)15(18)17-8-7-10-4-3-9-19-10/h1-6,9H,7-8,16H2,(H,17,18). The Hall–Kier alpha value is -2.27. The van der Waals surface area contributed by atoms with Crippen LogP contribution >= 0.6 is 11.3 Å². The lowest BCUT2D eigenvalue weighted by molar-refractivity contribution is 0.0958. The number of anilines is 1. The van der Waals surface area contributed by atoms with E-state index >= 15 is 0 Å². The van der Waals surface area contributed by atoms with Crippen LogP contribution in [-0.2, 0) is 6.42 Å². The predicted molar refractivity (Wildman–Crippen MR) is 81.0 cm³/mol. The molecule has 0 fully saturated rings. The first-order chi connectivity index (χ1) is 9.75. The number of hydrogen-bond donors (Lipinski definition) is 2. The number of thiophene rings is 1. The summed E-state index contributed by atoms with van der Waals surface area (Å²) in [4.78, 5) is 12.7. The van der Waals surface area contributed by atoms with Gasteiger partial charge in [0.1, 0.15) is 10.6 Å². The summed E-state index contributed by atoms with van der Waals surface area (Å²) in [6, 6.07) is 11.5. The highest BCUT2D eigenvalue weighted by atomic mass is 32.1. The molecule has 1 aromatic carbocycles. The van der Waals surface area contributed by atoms with Crippen molar-refractivity contribution < 1.29 is 9.21 Å². The molecule has 0 radical (unpaired) electrons. The number of benzene rings is 1. The molecule has 102 valence electrons. The second kappa shape index (κ2) is 5.38. The molecule has 3 rings (SSSR count). The van der Waals surface area contributed by atoms with Gasteiger partial charge in [-0.05, 0) is 18.2 Å². The predicted octanol–water partition coefficient (Wildman–Crippen LogP) is 3.05. The fourth-order valence-electron chi connectivity index (χ4n) is 2.07. The van der Waals surface area contributed by atoms with Gasteiger partial charge in [0.15, 0.2) is 0 Å². The van der Waals surface area contributed by atoms with Crippen molar-refractivity contribution >= 4 is 33.0 Å². The van der Waals surface area contributed by atoms with Gasteiger partial charge in [-0.1, -0.05) is 18.2 Å². The van der Waals surface area contributed by atoms with E-state index in [0.717, 1.165) is 15.8 Å². The molecule has 0 spiro atoms. The zero-order chi connectivity index (χ0) is 13.9. The molecule has 20 heavy (non-hydrogen) atoms. The van der Waals surface area contributed by atoms with Gasteiger partial charge in [0, 0.05) is 23.1 Å². The van der Waals surface area contributed by atoms with Crippen molar-refractivity contribution in [3.63, 3.8) is 0 Å². The van der Waals surface area contributed by atoms with Crippen LogP contribution in [0, 0.1) is 0 Å². The van der Waals surface area contributed by atoms with Crippen molar-refractivity contribution in [2.75, 3.05) is 12.3 Å². The maximum Gasteiger partial charge on any atom is 0.263 e. The maximum atomic E-state index is 12.2. The normalized spacial score (nSPS) is 10.8. The molecule has 0 unspecified atom stereocenters. The third-order valence-electron chi connectivity index (χ3n) is 3.08. The summed E-state index contributed by atoms with van der Waals surface area (Å²) in [5.74, 6) is 0.727. The second-order valence-electron chi connectivity index (χ2n) is 4.43. The highest BCUT2D eigenvalue weighted by Crippen LogP contribution is 2.33. The average Bonchev–Trinajstić information content (AvgIpc) is 3.08. The number of nitrogen functional groups attached to an aromatic ring is 1. The third kappa shape index (κ3) is 2.40. The molecule has 0 aliphatic heterocycles. The molecular weight excluding hydrogens is 272 g/mol. The van der Waals surface area contributed by atoms with E-state index in [-0.39, 0.29) is 5.91 Å². The minimum Gasteiger partial charge on any atom is -0.469 e. The molecule has 0 aliphatic rings. The Labute approximate surface area is 120 Å². The van der Waals surface area contributed by atoms with Crippen molar-refractivity contribution in [3.8, 4) is 0 Å². The molecule has 3 aromatic rings. The van der Waals surface area contributed by atoms with Gasteiger partial charge in [-0.2, -0.15) is 0 Å². The Bertz CT molecular complexity index is 732. The summed E-state index contributed by atoms with van der Waals surface area (Å²) in [6.45, 7) is 0.528. The Morgan fingerprint density at radius 2 is 2.10 bits per heavy atom. The Morgan fingerprint density at radius 1 is 1.25 bits per heavy atom. The fourth-order valence-corrected chi connectivity index (χ4v) is 3.11. The van der Waals surface area contributed by atoms with Crippen LogP contribution in [0.1, 0.15) is 15.4 Å². The van der Waals surface area contributed by atoms with Gasteiger partial charge in [0.25, 0.3) is 5.91 Å². The molecule has 0 bridgehead atoms. The minimum atomic E-state index is -0.129. The van der Waals surface area contributed by atoms with Crippen molar-refractivity contribution in [2.24, 2.45) is 0 Å². The number of nitrogens with one attached hydrogen (secondary N) is 1. The molecule has 2 heterocycles. The van der Waals surface area contributed by atoms with Crippen LogP contribution in [0.2, 0.25) is 0 Å². The molecule has 5 heteroatoms.